The number of rotatable bonds is 0. The molecule has 0 aliphatic heterocycles. The highest BCUT2D eigenvalue weighted by molar-refractivity contribution is 7.15. The summed E-state index contributed by atoms with van der Waals surface area (Å²) in [4.78, 5) is 6.30. The molecule has 23 heavy (non-hydrogen) atoms. The number of nitrogens with two attached hydrogens (primary N) is 1. The lowest BCUT2D eigenvalue weighted by molar-refractivity contribution is -0.0907. The lowest BCUT2D eigenvalue weighted by Crippen LogP contribution is -2.53. The first-order valence-corrected chi connectivity index (χ1v) is 10.6. The second-order valence-electron chi connectivity index (χ2n) is 9.39. The van der Waals surface area contributed by atoms with E-state index in [4.69, 9.17) is 10.7 Å². The summed E-state index contributed by atoms with van der Waals surface area (Å²) in [6.45, 7) is 5.17. The fraction of sp³-hybridized carbons (Fsp3) is 0.850. The average Bonchev–Trinajstić information content (AvgIpc) is 3.02. The number of hydrogen-bond acceptors (Lipinski definition) is 3. The maximum Gasteiger partial charge on any atom is 0.180 e. The molecule has 0 bridgehead atoms. The van der Waals surface area contributed by atoms with Crippen molar-refractivity contribution in [1.29, 1.82) is 0 Å². The summed E-state index contributed by atoms with van der Waals surface area (Å²) in [6.07, 6.45) is 13.0. The molecule has 2 N–H and O–H groups in total. The van der Waals surface area contributed by atoms with Crippen LogP contribution in [0.4, 0.5) is 5.13 Å². The number of anilines is 1. The highest BCUT2D eigenvalue weighted by Gasteiger charge is 2.59. The predicted octanol–water partition coefficient (Wildman–Crippen LogP) is 5.17. The first-order chi connectivity index (χ1) is 11.0. The van der Waals surface area contributed by atoms with Crippen molar-refractivity contribution in [3.8, 4) is 0 Å². The maximum atomic E-state index is 6.02. The molecular formula is C20H30N2S. The van der Waals surface area contributed by atoms with Crippen LogP contribution in [-0.2, 0) is 11.8 Å². The number of hydrogen-bond donors (Lipinski definition) is 1. The van der Waals surface area contributed by atoms with Gasteiger partial charge >= 0.3 is 0 Å². The molecule has 0 aromatic carbocycles. The minimum Gasteiger partial charge on any atom is -0.375 e. The number of thiazole rings is 1. The molecule has 4 aliphatic rings. The molecule has 2 nitrogen and oxygen atoms in total. The predicted molar refractivity (Wildman–Crippen MR) is 96.6 cm³/mol. The molecule has 3 heteroatoms. The Morgan fingerprint density at radius 1 is 1.04 bits per heavy atom. The standard InChI is InChI=1S/C20H30N2S/c1-19-9-4-3-5-12(19)6-7-13-14(19)8-10-20(2)15(13)11-16-17(20)22-18(21)23-16/h12-15H,3-11H2,1-2H3,(H2,21,22)/t12-,13-,14+,15+,19+,20-/m0/s1. The number of fused-ring (bicyclic) bond motifs is 7. The molecule has 0 amide bonds. The fourth-order valence-corrected chi connectivity index (χ4v) is 8.47. The van der Waals surface area contributed by atoms with Crippen molar-refractivity contribution < 1.29 is 0 Å². The zero-order valence-electron chi connectivity index (χ0n) is 14.6. The monoisotopic (exact) mass is 330 g/mol. The van der Waals surface area contributed by atoms with Gasteiger partial charge in [-0.15, -0.1) is 11.3 Å². The van der Waals surface area contributed by atoms with Crippen molar-refractivity contribution >= 4 is 16.5 Å². The fourth-order valence-electron chi connectivity index (χ4n) is 7.44. The minimum absolute atomic E-state index is 0.322. The molecule has 0 spiro atoms. The van der Waals surface area contributed by atoms with E-state index >= 15 is 0 Å². The number of aromatic nitrogens is 1. The lowest BCUT2D eigenvalue weighted by atomic mass is 9.45. The van der Waals surface area contributed by atoms with Gasteiger partial charge in [0.2, 0.25) is 0 Å². The van der Waals surface area contributed by atoms with Crippen molar-refractivity contribution in [3.05, 3.63) is 10.6 Å². The van der Waals surface area contributed by atoms with E-state index in [9.17, 15) is 0 Å². The molecule has 126 valence electrons. The molecule has 3 fully saturated rings. The molecular weight excluding hydrogens is 300 g/mol. The second-order valence-corrected chi connectivity index (χ2v) is 10.5. The van der Waals surface area contributed by atoms with Gasteiger partial charge in [-0.05, 0) is 74.0 Å². The molecule has 1 aromatic heterocycles. The van der Waals surface area contributed by atoms with Gasteiger partial charge in [-0.2, -0.15) is 0 Å². The van der Waals surface area contributed by atoms with Gasteiger partial charge in [-0.3, -0.25) is 0 Å². The van der Waals surface area contributed by atoms with Gasteiger partial charge < -0.3 is 5.73 Å². The third-order valence-electron chi connectivity index (χ3n) is 8.63. The summed E-state index contributed by atoms with van der Waals surface area (Å²) in [5.74, 6) is 3.78. The lowest BCUT2D eigenvalue weighted by Gasteiger charge is -2.59. The Labute approximate surface area is 144 Å². The van der Waals surface area contributed by atoms with E-state index in [0.29, 0.717) is 10.8 Å². The van der Waals surface area contributed by atoms with Crippen LogP contribution in [0.5, 0.6) is 0 Å². The van der Waals surface area contributed by atoms with Crippen LogP contribution in [0.15, 0.2) is 0 Å². The summed E-state index contributed by atoms with van der Waals surface area (Å²) in [5, 5.41) is 0.791. The van der Waals surface area contributed by atoms with E-state index in [1.807, 2.05) is 0 Å². The summed E-state index contributed by atoms with van der Waals surface area (Å²) in [7, 11) is 0. The van der Waals surface area contributed by atoms with Gasteiger partial charge in [0.25, 0.3) is 0 Å². The zero-order chi connectivity index (χ0) is 15.8. The Kier molecular flexibility index (Phi) is 3.04. The van der Waals surface area contributed by atoms with Gasteiger partial charge in [0.1, 0.15) is 0 Å². The number of nitrogens with zero attached hydrogens (tertiary/aromatic N) is 1. The van der Waals surface area contributed by atoms with Crippen LogP contribution in [0.25, 0.3) is 0 Å². The Balaban J connectivity index is 1.51. The van der Waals surface area contributed by atoms with Crippen LogP contribution in [0, 0.1) is 29.1 Å². The van der Waals surface area contributed by atoms with E-state index < -0.39 is 0 Å². The summed E-state index contributed by atoms with van der Waals surface area (Å²) in [6, 6.07) is 0. The normalized spacial score (nSPS) is 48.3. The SMILES string of the molecule is C[C@@]12CCCC[C@H]1CC[C@H]1[C@H]2CC[C@]2(C)c3nc(N)sc3C[C@H]12. The number of nitrogen functional groups attached to an aromatic ring is 1. The van der Waals surface area contributed by atoms with E-state index in [1.54, 1.807) is 11.3 Å². The van der Waals surface area contributed by atoms with Crippen LogP contribution < -0.4 is 5.73 Å². The first kappa shape index (κ1) is 14.7. The van der Waals surface area contributed by atoms with Crippen molar-refractivity contribution in [1.82, 2.24) is 4.98 Å². The molecule has 4 aliphatic carbocycles. The Morgan fingerprint density at radius 3 is 2.78 bits per heavy atom. The van der Waals surface area contributed by atoms with Gasteiger partial charge in [0.15, 0.2) is 5.13 Å². The highest BCUT2D eigenvalue weighted by atomic mass is 32.1. The molecule has 1 heterocycles. The van der Waals surface area contributed by atoms with Crippen LogP contribution in [0.3, 0.4) is 0 Å². The zero-order valence-corrected chi connectivity index (χ0v) is 15.4. The van der Waals surface area contributed by atoms with E-state index in [2.05, 4.69) is 13.8 Å². The largest absolute Gasteiger partial charge is 0.375 e. The smallest absolute Gasteiger partial charge is 0.180 e. The molecule has 3 saturated carbocycles. The van der Waals surface area contributed by atoms with Crippen molar-refractivity contribution in [3.63, 3.8) is 0 Å². The van der Waals surface area contributed by atoms with E-state index in [1.165, 1.54) is 68.4 Å². The van der Waals surface area contributed by atoms with Crippen LogP contribution in [0.1, 0.15) is 75.8 Å². The maximum absolute atomic E-state index is 6.02. The topological polar surface area (TPSA) is 38.9 Å². The summed E-state index contributed by atoms with van der Waals surface area (Å²) in [5.41, 5.74) is 8.37. The first-order valence-electron chi connectivity index (χ1n) is 9.78. The van der Waals surface area contributed by atoms with Crippen molar-refractivity contribution in [2.24, 2.45) is 29.1 Å². The van der Waals surface area contributed by atoms with Gasteiger partial charge in [0, 0.05) is 10.3 Å². The minimum atomic E-state index is 0.322. The van der Waals surface area contributed by atoms with Crippen LogP contribution in [-0.4, -0.2) is 4.98 Å². The van der Waals surface area contributed by atoms with Crippen molar-refractivity contribution in [2.45, 2.75) is 77.0 Å². The third-order valence-corrected chi connectivity index (χ3v) is 9.54. The van der Waals surface area contributed by atoms with Crippen molar-refractivity contribution in [2.75, 3.05) is 5.73 Å². The average molecular weight is 331 g/mol. The van der Waals surface area contributed by atoms with Gasteiger partial charge in [0.05, 0.1) is 5.69 Å². The van der Waals surface area contributed by atoms with Crippen LogP contribution >= 0.6 is 11.3 Å². The molecule has 5 rings (SSSR count). The Bertz CT molecular complexity index is 638. The summed E-state index contributed by atoms with van der Waals surface area (Å²) < 4.78 is 0. The second kappa shape index (κ2) is 4.74. The quantitative estimate of drug-likeness (QED) is 0.712. The van der Waals surface area contributed by atoms with Gasteiger partial charge in [-0.1, -0.05) is 26.7 Å². The molecule has 0 unspecified atom stereocenters. The highest BCUT2D eigenvalue weighted by Crippen LogP contribution is 2.65. The summed E-state index contributed by atoms with van der Waals surface area (Å²) >= 11 is 1.77. The molecule has 6 atom stereocenters. The van der Waals surface area contributed by atoms with Crippen LogP contribution in [0.2, 0.25) is 0 Å². The van der Waals surface area contributed by atoms with Gasteiger partial charge in [-0.25, -0.2) is 4.98 Å². The Hall–Kier alpha value is -0.570. The van der Waals surface area contributed by atoms with E-state index in [-0.39, 0.29) is 0 Å². The van der Waals surface area contributed by atoms with E-state index in [0.717, 1.165) is 28.8 Å². The molecule has 0 radical (unpaired) electrons. The Morgan fingerprint density at radius 2 is 1.91 bits per heavy atom. The molecule has 0 saturated heterocycles. The molecule has 1 aromatic rings. The third kappa shape index (κ3) is 1.83.